The first-order chi connectivity index (χ1) is 10.3. The van der Waals surface area contributed by atoms with Crippen molar-refractivity contribution in [3.63, 3.8) is 0 Å². The highest BCUT2D eigenvalue weighted by Gasteiger charge is 2.44. The molecule has 0 saturated heterocycles. The van der Waals surface area contributed by atoms with E-state index in [1.165, 1.54) is 6.07 Å². The topological polar surface area (TPSA) is 46.6 Å². The van der Waals surface area contributed by atoms with Crippen molar-refractivity contribution in [3.05, 3.63) is 29.6 Å². The van der Waals surface area contributed by atoms with E-state index in [2.05, 4.69) is 0 Å². The Morgan fingerprint density at radius 3 is 2.48 bits per heavy atom. The summed E-state index contributed by atoms with van der Waals surface area (Å²) in [6.07, 6.45) is -4.02. The summed E-state index contributed by atoms with van der Waals surface area (Å²) in [6, 6.07) is 2.28. The Labute approximate surface area is 132 Å². The molecule has 1 aromatic rings. The third-order valence-corrected chi connectivity index (χ3v) is 4.75. The fourth-order valence-electron chi connectivity index (χ4n) is 2.68. The van der Waals surface area contributed by atoms with Crippen LogP contribution in [0.15, 0.2) is 18.2 Å². The average Bonchev–Trinajstić information content (AvgIpc) is 2.33. The zero-order valence-corrected chi connectivity index (χ0v) is 13.6. The minimum absolute atomic E-state index is 0.0212. The van der Waals surface area contributed by atoms with Crippen molar-refractivity contribution in [2.24, 2.45) is 0 Å². The number of ether oxygens (including phenoxy) is 1. The van der Waals surface area contributed by atoms with Crippen molar-refractivity contribution in [2.45, 2.75) is 38.1 Å². The smallest absolute Gasteiger partial charge is 0.402 e. The van der Waals surface area contributed by atoms with Gasteiger partial charge < -0.3 is 4.74 Å². The molecule has 1 aromatic carbocycles. The van der Waals surface area contributed by atoms with Gasteiger partial charge in [0.1, 0.15) is 23.7 Å². The maximum absolute atomic E-state index is 13.5. The van der Waals surface area contributed by atoms with Gasteiger partial charge >= 0.3 is 6.18 Å². The van der Waals surface area contributed by atoms with Crippen molar-refractivity contribution in [1.82, 2.24) is 4.31 Å². The van der Waals surface area contributed by atoms with Crippen molar-refractivity contribution in [3.8, 4) is 5.75 Å². The number of benzene rings is 1. The third-order valence-electron chi connectivity index (χ3n) is 3.51. The lowest BCUT2D eigenvalue weighted by atomic mass is 9.89. The van der Waals surface area contributed by atoms with E-state index in [0.29, 0.717) is 10.6 Å². The summed E-state index contributed by atoms with van der Waals surface area (Å²) >= 11 is 0. The summed E-state index contributed by atoms with van der Waals surface area (Å²) < 4.78 is 81.8. The molecule has 0 saturated carbocycles. The van der Waals surface area contributed by atoms with E-state index in [0.717, 1.165) is 12.1 Å². The molecule has 1 heterocycles. The average molecular weight is 355 g/mol. The van der Waals surface area contributed by atoms with E-state index >= 15 is 0 Å². The van der Waals surface area contributed by atoms with Crippen LogP contribution in [0.5, 0.6) is 5.75 Å². The van der Waals surface area contributed by atoms with Crippen molar-refractivity contribution >= 4 is 10.0 Å². The molecule has 9 heteroatoms. The molecule has 0 aliphatic carbocycles. The Balaban J connectivity index is 2.56. The Morgan fingerprint density at radius 2 is 1.96 bits per heavy atom. The van der Waals surface area contributed by atoms with E-state index < -0.39 is 40.2 Å². The molecule has 130 valence electrons. The largest absolute Gasteiger partial charge is 0.487 e. The van der Waals surface area contributed by atoms with Crippen molar-refractivity contribution < 1.29 is 30.7 Å². The number of halogens is 4. The highest BCUT2D eigenvalue weighted by molar-refractivity contribution is 7.88. The van der Waals surface area contributed by atoms with Crippen LogP contribution in [0.4, 0.5) is 17.6 Å². The maximum Gasteiger partial charge on any atom is 0.402 e. The molecule has 0 N–H and O–H groups in total. The molecule has 2 rings (SSSR count). The molecule has 0 bridgehead atoms. The summed E-state index contributed by atoms with van der Waals surface area (Å²) in [6.45, 7) is 1.64. The molecule has 0 amide bonds. The lowest BCUT2D eigenvalue weighted by molar-refractivity contribution is -0.141. The summed E-state index contributed by atoms with van der Waals surface area (Å²) in [5.74, 6) is -0.485. The number of hydrogen-bond donors (Lipinski definition) is 0. The van der Waals surface area contributed by atoms with Crippen LogP contribution in [0.1, 0.15) is 31.9 Å². The second-order valence-electron chi connectivity index (χ2n) is 6.19. The van der Waals surface area contributed by atoms with Gasteiger partial charge in [-0.05, 0) is 32.0 Å². The van der Waals surface area contributed by atoms with Crippen LogP contribution in [-0.4, -0.2) is 37.3 Å². The third kappa shape index (κ3) is 4.35. The number of sulfonamides is 1. The van der Waals surface area contributed by atoms with Gasteiger partial charge in [0.05, 0.1) is 12.3 Å². The van der Waals surface area contributed by atoms with Gasteiger partial charge in [-0.2, -0.15) is 17.5 Å². The lowest BCUT2D eigenvalue weighted by Crippen LogP contribution is -2.46. The maximum atomic E-state index is 13.5. The second-order valence-corrected chi connectivity index (χ2v) is 8.12. The van der Waals surface area contributed by atoms with Gasteiger partial charge in [-0.15, -0.1) is 0 Å². The highest BCUT2D eigenvalue weighted by atomic mass is 32.2. The standard InChI is InChI=1S/C14H17F4NO3S/c1-13(2)7-11(10-6-9(15)4-5-12(10)22-13)19(23(3,20)21)8-14(16,17)18/h4-6,11H,7-8H2,1-3H3. The molecule has 1 atom stereocenters. The molecule has 4 nitrogen and oxygen atoms in total. The summed E-state index contributed by atoms with van der Waals surface area (Å²) in [5, 5.41) is 0. The number of alkyl halides is 3. The normalized spacial score (nSPS) is 21.0. The quantitative estimate of drug-likeness (QED) is 0.782. The van der Waals surface area contributed by atoms with Gasteiger partial charge in [-0.1, -0.05) is 0 Å². The predicted octanol–water partition coefficient (Wildman–Crippen LogP) is 3.25. The summed E-state index contributed by atoms with van der Waals surface area (Å²) in [5.41, 5.74) is -0.789. The van der Waals surface area contributed by atoms with Crippen LogP contribution in [0.25, 0.3) is 0 Å². The van der Waals surface area contributed by atoms with Gasteiger partial charge in [-0.25, -0.2) is 12.8 Å². The van der Waals surface area contributed by atoms with Gasteiger partial charge in [-0.3, -0.25) is 0 Å². The van der Waals surface area contributed by atoms with Gasteiger partial charge in [0.2, 0.25) is 10.0 Å². The molecule has 0 fully saturated rings. The summed E-state index contributed by atoms with van der Waals surface area (Å²) in [7, 11) is -4.17. The number of rotatable bonds is 3. The van der Waals surface area contributed by atoms with Crippen LogP contribution >= 0.6 is 0 Å². The molecular weight excluding hydrogens is 338 g/mol. The Morgan fingerprint density at radius 1 is 1.35 bits per heavy atom. The van der Waals surface area contributed by atoms with Gasteiger partial charge in [0.15, 0.2) is 0 Å². The second kappa shape index (κ2) is 5.62. The first-order valence-corrected chi connectivity index (χ1v) is 8.65. The van der Waals surface area contributed by atoms with E-state index in [1.807, 2.05) is 0 Å². The lowest BCUT2D eigenvalue weighted by Gasteiger charge is -2.41. The van der Waals surface area contributed by atoms with Crippen LogP contribution in [0.3, 0.4) is 0 Å². The zero-order chi connectivity index (χ0) is 17.6. The number of hydrogen-bond acceptors (Lipinski definition) is 3. The summed E-state index contributed by atoms with van der Waals surface area (Å²) in [4.78, 5) is 0. The molecule has 1 aliphatic heterocycles. The Hall–Kier alpha value is -1.35. The minimum Gasteiger partial charge on any atom is -0.487 e. The Kier molecular flexibility index (Phi) is 4.40. The van der Waals surface area contributed by atoms with Crippen LogP contribution in [0, 0.1) is 5.82 Å². The molecule has 1 aliphatic rings. The number of fused-ring (bicyclic) bond motifs is 1. The molecule has 0 radical (unpaired) electrons. The van der Waals surface area contributed by atoms with Gasteiger partial charge in [0, 0.05) is 12.0 Å². The van der Waals surface area contributed by atoms with E-state index in [-0.39, 0.29) is 17.7 Å². The van der Waals surface area contributed by atoms with Crippen LogP contribution in [-0.2, 0) is 10.0 Å². The van der Waals surface area contributed by atoms with Crippen LogP contribution < -0.4 is 4.74 Å². The highest BCUT2D eigenvalue weighted by Crippen LogP contribution is 2.44. The molecule has 23 heavy (non-hydrogen) atoms. The first kappa shape index (κ1) is 18.0. The van der Waals surface area contributed by atoms with Crippen molar-refractivity contribution in [2.75, 3.05) is 12.8 Å². The predicted molar refractivity (Wildman–Crippen MR) is 76.1 cm³/mol. The minimum atomic E-state index is -4.71. The van der Waals surface area contributed by atoms with Gasteiger partial charge in [0.25, 0.3) is 0 Å². The Bertz CT molecular complexity index is 700. The SMILES string of the molecule is CC1(C)CC(N(CC(F)(F)F)S(C)(=O)=O)c2cc(F)ccc2O1. The van der Waals surface area contributed by atoms with Crippen molar-refractivity contribution in [1.29, 1.82) is 0 Å². The van der Waals surface area contributed by atoms with E-state index in [9.17, 15) is 26.0 Å². The monoisotopic (exact) mass is 355 g/mol. The molecule has 0 spiro atoms. The van der Waals surface area contributed by atoms with Crippen LogP contribution in [0.2, 0.25) is 0 Å². The fraction of sp³-hybridized carbons (Fsp3) is 0.571. The molecular formula is C14H17F4NO3S. The first-order valence-electron chi connectivity index (χ1n) is 6.80. The van der Waals surface area contributed by atoms with E-state index in [1.54, 1.807) is 13.8 Å². The number of nitrogens with zero attached hydrogens (tertiary/aromatic N) is 1. The zero-order valence-electron chi connectivity index (χ0n) is 12.8. The molecule has 0 aromatic heterocycles. The molecule has 1 unspecified atom stereocenters. The van der Waals surface area contributed by atoms with E-state index in [4.69, 9.17) is 4.74 Å². The fourth-order valence-corrected chi connectivity index (χ4v) is 3.71.